The predicted octanol–water partition coefficient (Wildman–Crippen LogP) is 4.48. The van der Waals surface area contributed by atoms with Crippen molar-refractivity contribution in [1.82, 2.24) is 0 Å². The van der Waals surface area contributed by atoms with Crippen LogP contribution in [0.2, 0.25) is 18.1 Å². The first-order valence-corrected chi connectivity index (χ1v) is 12.8. The third-order valence-electron chi connectivity index (χ3n) is 5.90. The molecule has 1 aliphatic rings. The topological polar surface area (TPSA) is 63.6 Å². The van der Waals surface area contributed by atoms with Gasteiger partial charge in [-0.25, -0.2) is 0 Å². The Bertz CT molecular complexity index is 459. The van der Waals surface area contributed by atoms with Crippen LogP contribution in [-0.4, -0.2) is 32.6 Å². The Labute approximate surface area is 137 Å². The van der Waals surface area contributed by atoms with Crippen molar-refractivity contribution in [2.75, 3.05) is 0 Å². The molecule has 0 saturated heterocycles. The smallest absolute Gasteiger partial charge is 0.267 e. The summed E-state index contributed by atoms with van der Waals surface area (Å²) in [6.45, 7) is 15.1. The van der Waals surface area contributed by atoms with Gasteiger partial charge in [0.15, 0.2) is 8.32 Å². The fourth-order valence-corrected chi connectivity index (χ4v) is 5.30. The van der Waals surface area contributed by atoms with Crippen LogP contribution in [0.25, 0.3) is 0 Å². The van der Waals surface area contributed by atoms with E-state index in [0.717, 1.165) is 25.7 Å². The van der Waals surface area contributed by atoms with E-state index in [1.807, 2.05) is 0 Å². The van der Waals surface area contributed by atoms with Gasteiger partial charge in [0, 0.05) is 6.10 Å². The van der Waals surface area contributed by atoms with E-state index in [0.29, 0.717) is 5.92 Å². The van der Waals surface area contributed by atoms with Crippen LogP contribution in [0.4, 0.5) is 0 Å². The fraction of sp³-hybridized carbons (Fsp3) is 1.00. The van der Waals surface area contributed by atoms with Gasteiger partial charge in [0.05, 0.1) is 5.25 Å². The molecule has 0 aliphatic heterocycles. The summed E-state index contributed by atoms with van der Waals surface area (Å²) in [6.07, 6.45) is 3.91. The minimum Gasteiger partial charge on any atom is -0.414 e. The highest BCUT2D eigenvalue weighted by Crippen LogP contribution is 2.41. The normalized spacial score (nSPS) is 27.5. The molecule has 4 nitrogen and oxygen atoms in total. The SMILES string of the molecule is CC(O[Si](C)(C)C(C)(C)C)[C@H]1CC[C@H](C(C)S(=O)(=O)O)CC1. The van der Waals surface area contributed by atoms with Gasteiger partial charge in [0.25, 0.3) is 10.1 Å². The summed E-state index contributed by atoms with van der Waals surface area (Å²) >= 11 is 0. The maximum Gasteiger partial charge on any atom is 0.267 e. The first kappa shape index (κ1) is 20.1. The second-order valence-electron chi connectivity index (χ2n) is 8.48. The zero-order valence-corrected chi connectivity index (χ0v) is 17.0. The Kier molecular flexibility index (Phi) is 6.32. The van der Waals surface area contributed by atoms with Crippen molar-refractivity contribution >= 4 is 18.4 Å². The van der Waals surface area contributed by atoms with E-state index in [-0.39, 0.29) is 17.1 Å². The predicted molar refractivity (Wildman–Crippen MR) is 94.2 cm³/mol. The molecule has 0 amide bonds. The summed E-state index contributed by atoms with van der Waals surface area (Å²) < 4.78 is 38.2. The quantitative estimate of drug-likeness (QED) is 0.586. The van der Waals surface area contributed by atoms with Crippen molar-refractivity contribution in [1.29, 1.82) is 0 Å². The molecule has 22 heavy (non-hydrogen) atoms. The molecule has 1 rings (SSSR count). The summed E-state index contributed by atoms with van der Waals surface area (Å²) in [5, 5.41) is -0.442. The minimum atomic E-state index is -3.91. The van der Waals surface area contributed by atoms with Gasteiger partial charge >= 0.3 is 0 Å². The average Bonchev–Trinajstić information content (AvgIpc) is 2.35. The number of hydrogen-bond acceptors (Lipinski definition) is 3. The monoisotopic (exact) mass is 350 g/mol. The van der Waals surface area contributed by atoms with Crippen LogP contribution in [0.3, 0.4) is 0 Å². The molecule has 1 saturated carbocycles. The zero-order valence-electron chi connectivity index (χ0n) is 15.2. The van der Waals surface area contributed by atoms with E-state index in [9.17, 15) is 13.0 Å². The summed E-state index contributed by atoms with van der Waals surface area (Å²) in [6, 6.07) is 0. The lowest BCUT2D eigenvalue weighted by molar-refractivity contribution is 0.0957. The van der Waals surface area contributed by atoms with Gasteiger partial charge in [-0.15, -0.1) is 0 Å². The second-order valence-corrected chi connectivity index (χ2v) is 15.0. The second kappa shape index (κ2) is 6.91. The third-order valence-corrected chi connectivity index (χ3v) is 11.8. The summed E-state index contributed by atoms with van der Waals surface area (Å²) in [5.74, 6) is 0.574. The molecule has 0 radical (unpaired) electrons. The molecule has 1 fully saturated rings. The maximum atomic E-state index is 11.3. The van der Waals surface area contributed by atoms with Crippen molar-refractivity contribution in [3.8, 4) is 0 Å². The lowest BCUT2D eigenvalue weighted by Gasteiger charge is -2.42. The molecule has 132 valence electrons. The zero-order chi connectivity index (χ0) is 17.3. The molecule has 6 heteroatoms. The van der Waals surface area contributed by atoms with E-state index >= 15 is 0 Å². The van der Waals surface area contributed by atoms with Crippen LogP contribution < -0.4 is 0 Å². The molecule has 1 aliphatic carbocycles. The minimum absolute atomic E-state index is 0.0753. The van der Waals surface area contributed by atoms with Gasteiger partial charge < -0.3 is 4.43 Å². The fourth-order valence-electron chi connectivity index (χ4n) is 3.06. The van der Waals surface area contributed by atoms with Crippen molar-refractivity contribution in [2.24, 2.45) is 11.8 Å². The molecule has 2 unspecified atom stereocenters. The molecule has 0 aromatic carbocycles. The van der Waals surface area contributed by atoms with Crippen LogP contribution in [0.15, 0.2) is 0 Å². The first-order valence-electron chi connectivity index (χ1n) is 8.40. The summed E-state index contributed by atoms with van der Waals surface area (Å²) in [7, 11) is -5.67. The molecule has 0 aromatic rings. The van der Waals surface area contributed by atoms with E-state index in [2.05, 4.69) is 40.8 Å². The van der Waals surface area contributed by atoms with Gasteiger partial charge in [0.1, 0.15) is 0 Å². The van der Waals surface area contributed by atoms with Crippen molar-refractivity contribution in [3.05, 3.63) is 0 Å². The molecule has 2 atom stereocenters. The molecule has 0 heterocycles. The molecule has 1 N–H and O–H groups in total. The number of rotatable bonds is 5. The van der Waals surface area contributed by atoms with Crippen LogP contribution in [0.5, 0.6) is 0 Å². The Morgan fingerprint density at radius 2 is 1.45 bits per heavy atom. The Morgan fingerprint density at radius 1 is 1.05 bits per heavy atom. The van der Waals surface area contributed by atoms with Gasteiger partial charge in [-0.2, -0.15) is 8.42 Å². The highest BCUT2D eigenvalue weighted by molar-refractivity contribution is 7.86. The van der Waals surface area contributed by atoms with E-state index in [4.69, 9.17) is 4.43 Å². The lowest BCUT2D eigenvalue weighted by Crippen LogP contribution is -2.45. The summed E-state index contributed by atoms with van der Waals surface area (Å²) in [5.41, 5.74) is 0. The largest absolute Gasteiger partial charge is 0.414 e. The molecular weight excluding hydrogens is 316 g/mol. The first-order chi connectivity index (χ1) is 9.75. The van der Waals surface area contributed by atoms with E-state index < -0.39 is 23.7 Å². The van der Waals surface area contributed by atoms with Crippen LogP contribution >= 0.6 is 0 Å². The number of hydrogen-bond donors (Lipinski definition) is 1. The maximum absolute atomic E-state index is 11.3. The highest BCUT2D eigenvalue weighted by Gasteiger charge is 2.40. The third kappa shape index (κ3) is 5.04. The van der Waals surface area contributed by atoms with Crippen LogP contribution in [0.1, 0.15) is 60.3 Å². The molecule has 0 spiro atoms. The van der Waals surface area contributed by atoms with Gasteiger partial charge in [-0.05, 0) is 69.5 Å². The molecule has 0 aromatic heterocycles. The Morgan fingerprint density at radius 3 is 1.82 bits per heavy atom. The Balaban J connectivity index is 2.58. The highest BCUT2D eigenvalue weighted by atomic mass is 32.2. The van der Waals surface area contributed by atoms with Crippen LogP contribution in [-0.2, 0) is 14.5 Å². The summed E-state index contributed by atoms with van der Waals surface area (Å²) in [4.78, 5) is 0. The van der Waals surface area contributed by atoms with Crippen molar-refractivity contribution in [3.63, 3.8) is 0 Å². The average molecular weight is 351 g/mol. The molecule has 0 bridgehead atoms. The standard InChI is InChI=1S/C16H34O4SSi/c1-12(20-22(6,7)16(3,4)5)14-8-10-15(11-9-14)13(2)21(17,18)19/h12-15H,8-11H2,1-7H3,(H,17,18,19)/t12?,13?,14-,15-. The van der Waals surface area contributed by atoms with E-state index in [1.165, 1.54) is 0 Å². The van der Waals surface area contributed by atoms with E-state index in [1.54, 1.807) is 6.92 Å². The van der Waals surface area contributed by atoms with Gasteiger partial charge in [-0.1, -0.05) is 20.8 Å². The van der Waals surface area contributed by atoms with Crippen molar-refractivity contribution < 1.29 is 17.4 Å². The van der Waals surface area contributed by atoms with Crippen LogP contribution in [0, 0.1) is 11.8 Å². The lowest BCUT2D eigenvalue weighted by atomic mass is 9.78. The molecular formula is C16H34O4SSi. The van der Waals surface area contributed by atoms with Gasteiger partial charge in [0.2, 0.25) is 0 Å². The van der Waals surface area contributed by atoms with Crippen molar-refractivity contribution in [2.45, 2.75) is 89.8 Å². The Hall–Kier alpha value is 0.0869. The van der Waals surface area contributed by atoms with Gasteiger partial charge in [-0.3, -0.25) is 4.55 Å².